The second-order valence-electron chi connectivity index (χ2n) is 6.18. The molecule has 2 N–H and O–H groups in total. The zero-order valence-electron chi connectivity index (χ0n) is 15.4. The lowest BCUT2D eigenvalue weighted by atomic mass is 10.1. The predicted molar refractivity (Wildman–Crippen MR) is 105 cm³/mol. The van der Waals surface area contributed by atoms with E-state index in [1.807, 2.05) is 0 Å². The topological polar surface area (TPSA) is 121 Å². The summed E-state index contributed by atoms with van der Waals surface area (Å²) in [5.74, 6) is 0.358. The molecule has 0 spiro atoms. The third-order valence-electron chi connectivity index (χ3n) is 4.41. The number of para-hydroxylation sites is 1. The number of nitro benzene ring substituents is 1. The number of benzene rings is 2. The number of nitro groups is 1. The van der Waals surface area contributed by atoms with Gasteiger partial charge < -0.3 is 15.2 Å². The minimum atomic E-state index is -0.494. The zero-order valence-corrected chi connectivity index (χ0v) is 15.4. The smallest absolute Gasteiger partial charge is 0.317 e. The van der Waals surface area contributed by atoms with Gasteiger partial charge in [-0.1, -0.05) is 18.2 Å². The van der Waals surface area contributed by atoms with Crippen molar-refractivity contribution in [3.63, 3.8) is 0 Å². The van der Waals surface area contributed by atoms with Crippen molar-refractivity contribution < 1.29 is 9.72 Å². The van der Waals surface area contributed by atoms with Crippen LogP contribution < -0.4 is 10.9 Å². The van der Waals surface area contributed by atoms with E-state index in [9.17, 15) is 19.7 Å². The molecule has 2 aromatic carbocycles. The van der Waals surface area contributed by atoms with Crippen LogP contribution in [0.5, 0.6) is 0 Å². The first kappa shape index (κ1) is 19.0. The minimum Gasteiger partial charge on any atom is -0.317 e. The number of carbonyl (C=O) groups is 1. The van der Waals surface area contributed by atoms with E-state index in [2.05, 4.69) is 15.3 Å². The summed E-state index contributed by atoms with van der Waals surface area (Å²) >= 11 is 0. The highest BCUT2D eigenvalue weighted by Crippen LogP contribution is 2.25. The van der Waals surface area contributed by atoms with Crippen molar-refractivity contribution in [2.75, 3.05) is 11.9 Å². The third kappa shape index (κ3) is 3.83. The van der Waals surface area contributed by atoms with Crippen molar-refractivity contribution >= 4 is 28.3 Å². The van der Waals surface area contributed by atoms with Gasteiger partial charge in [-0.15, -0.1) is 0 Å². The lowest BCUT2D eigenvalue weighted by Gasteiger charge is -2.21. The van der Waals surface area contributed by atoms with Crippen molar-refractivity contribution in [1.82, 2.24) is 14.9 Å². The summed E-state index contributed by atoms with van der Waals surface area (Å²) in [4.78, 5) is 44.0. The second kappa shape index (κ2) is 7.87. The highest BCUT2D eigenvalue weighted by molar-refractivity contribution is 5.90. The fraction of sp³-hybridized carbons (Fsp3) is 0.211. The summed E-state index contributed by atoms with van der Waals surface area (Å²) in [7, 11) is 0. The molecule has 3 aromatic rings. The third-order valence-corrected chi connectivity index (χ3v) is 4.41. The standard InChI is InChI=1S/C19H19N5O4/c1-3-23(11-17-20-15-8-5-4-7-13(15)18(25)22-17)19(26)21-14-9-6-10-16(12(14)2)24(27)28/h4-10H,3,11H2,1-2H3,(H,21,26)(H,20,22,25). The molecule has 0 saturated carbocycles. The van der Waals surface area contributed by atoms with Gasteiger partial charge in [0.05, 0.1) is 33.6 Å². The zero-order chi connectivity index (χ0) is 20.3. The lowest BCUT2D eigenvalue weighted by molar-refractivity contribution is -0.385. The van der Waals surface area contributed by atoms with Gasteiger partial charge in [0.25, 0.3) is 11.2 Å². The molecule has 0 bridgehead atoms. The molecule has 1 heterocycles. The Morgan fingerprint density at radius 2 is 2.00 bits per heavy atom. The van der Waals surface area contributed by atoms with Crippen molar-refractivity contribution in [3.8, 4) is 0 Å². The molecule has 0 radical (unpaired) electrons. The molecule has 0 saturated heterocycles. The SMILES string of the molecule is CCN(Cc1nc2ccccc2c(=O)[nH]1)C(=O)Nc1cccc([N+](=O)[O-])c1C. The van der Waals surface area contributed by atoms with Crippen LogP contribution in [0, 0.1) is 17.0 Å². The highest BCUT2D eigenvalue weighted by Gasteiger charge is 2.18. The van der Waals surface area contributed by atoms with Crippen LogP contribution in [-0.2, 0) is 6.54 Å². The average molecular weight is 381 g/mol. The van der Waals surface area contributed by atoms with Crippen LogP contribution in [0.2, 0.25) is 0 Å². The monoisotopic (exact) mass is 381 g/mol. The Bertz CT molecular complexity index is 1110. The van der Waals surface area contributed by atoms with Gasteiger partial charge in [0.2, 0.25) is 0 Å². The summed E-state index contributed by atoms with van der Waals surface area (Å²) < 4.78 is 0. The highest BCUT2D eigenvalue weighted by atomic mass is 16.6. The number of nitrogens with one attached hydrogen (secondary N) is 2. The van der Waals surface area contributed by atoms with Gasteiger partial charge in [0.1, 0.15) is 5.82 Å². The number of amides is 2. The number of hydrogen-bond acceptors (Lipinski definition) is 5. The number of rotatable bonds is 5. The molecule has 3 rings (SSSR count). The Morgan fingerprint density at radius 1 is 1.25 bits per heavy atom. The van der Waals surface area contributed by atoms with Crippen molar-refractivity contribution in [2.24, 2.45) is 0 Å². The second-order valence-corrected chi connectivity index (χ2v) is 6.18. The van der Waals surface area contributed by atoms with E-state index in [1.165, 1.54) is 17.0 Å². The van der Waals surface area contributed by atoms with Gasteiger partial charge in [-0.3, -0.25) is 14.9 Å². The molecular weight excluding hydrogens is 362 g/mol. The number of aromatic amines is 1. The number of carbonyl (C=O) groups excluding carboxylic acids is 1. The molecule has 0 unspecified atom stereocenters. The number of hydrogen-bond donors (Lipinski definition) is 2. The maximum absolute atomic E-state index is 12.7. The maximum Gasteiger partial charge on any atom is 0.322 e. The summed E-state index contributed by atoms with van der Waals surface area (Å²) in [6.07, 6.45) is 0. The van der Waals surface area contributed by atoms with Gasteiger partial charge in [-0.05, 0) is 32.0 Å². The molecule has 28 heavy (non-hydrogen) atoms. The van der Waals surface area contributed by atoms with Gasteiger partial charge in [0.15, 0.2) is 0 Å². The first-order valence-corrected chi connectivity index (χ1v) is 8.68. The van der Waals surface area contributed by atoms with E-state index < -0.39 is 11.0 Å². The maximum atomic E-state index is 12.7. The van der Waals surface area contributed by atoms with E-state index >= 15 is 0 Å². The Kier molecular flexibility index (Phi) is 5.35. The fourth-order valence-electron chi connectivity index (χ4n) is 2.87. The van der Waals surface area contributed by atoms with Crippen LogP contribution >= 0.6 is 0 Å². The van der Waals surface area contributed by atoms with Crippen LogP contribution in [0.15, 0.2) is 47.3 Å². The van der Waals surface area contributed by atoms with Crippen molar-refractivity contribution in [2.45, 2.75) is 20.4 Å². The molecule has 0 aliphatic carbocycles. The molecule has 2 amide bonds. The number of anilines is 1. The number of H-pyrrole nitrogens is 1. The van der Waals surface area contributed by atoms with E-state index in [1.54, 1.807) is 44.2 Å². The molecule has 0 aliphatic heterocycles. The normalized spacial score (nSPS) is 10.6. The predicted octanol–water partition coefficient (Wildman–Crippen LogP) is 3.19. The molecule has 1 aromatic heterocycles. The van der Waals surface area contributed by atoms with Gasteiger partial charge >= 0.3 is 6.03 Å². The van der Waals surface area contributed by atoms with Gasteiger partial charge in [-0.2, -0.15) is 0 Å². The minimum absolute atomic E-state index is 0.0682. The van der Waals surface area contributed by atoms with Gasteiger partial charge in [-0.25, -0.2) is 9.78 Å². The quantitative estimate of drug-likeness (QED) is 0.519. The summed E-state index contributed by atoms with van der Waals surface area (Å²) in [5, 5.41) is 14.2. The Hall–Kier alpha value is -3.75. The largest absolute Gasteiger partial charge is 0.322 e. The molecule has 0 aliphatic rings. The fourth-order valence-corrected chi connectivity index (χ4v) is 2.87. The van der Waals surface area contributed by atoms with Gasteiger partial charge in [0, 0.05) is 12.6 Å². The number of urea groups is 1. The summed E-state index contributed by atoms with van der Waals surface area (Å²) in [6.45, 7) is 3.82. The summed E-state index contributed by atoms with van der Waals surface area (Å²) in [5.41, 5.74) is 0.937. The average Bonchev–Trinajstić information content (AvgIpc) is 2.67. The molecule has 9 heteroatoms. The van der Waals surface area contributed by atoms with Crippen molar-refractivity contribution in [3.05, 3.63) is 74.3 Å². The Labute approximate surface area is 160 Å². The molecular formula is C19H19N5O4. The molecule has 144 valence electrons. The number of aromatic nitrogens is 2. The first-order valence-electron chi connectivity index (χ1n) is 8.68. The molecule has 9 nitrogen and oxygen atoms in total. The van der Waals surface area contributed by atoms with Crippen molar-refractivity contribution in [1.29, 1.82) is 0 Å². The lowest BCUT2D eigenvalue weighted by Crippen LogP contribution is -2.35. The Balaban J connectivity index is 1.82. The van der Waals surface area contributed by atoms with E-state index in [4.69, 9.17) is 0 Å². The summed E-state index contributed by atoms with van der Waals surface area (Å²) in [6, 6.07) is 11.0. The van der Waals surface area contributed by atoms with Crippen LogP contribution in [0.4, 0.5) is 16.2 Å². The first-order chi connectivity index (χ1) is 13.4. The van der Waals surface area contributed by atoms with Crippen LogP contribution in [0.3, 0.4) is 0 Å². The number of fused-ring (bicyclic) bond motifs is 1. The van der Waals surface area contributed by atoms with E-state index in [0.29, 0.717) is 34.5 Å². The Morgan fingerprint density at radius 3 is 2.71 bits per heavy atom. The number of nitrogens with zero attached hydrogens (tertiary/aromatic N) is 3. The van der Waals surface area contributed by atoms with Crippen LogP contribution in [0.1, 0.15) is 18.3 Å². The molecule has 0 fully saturated rings. The van der Waals surface area contributed by atoms with Crippen LogP contribution in [0.25, 0.3) is 10.9 Å². The van der Waals surface area contributed by atoms with E-state index in [-0.39, 0.29) is 17.8 Å². The van der Waals surface area contributed by atoms with E-state index in [0.717, 1.165) is 0 Å². The molecule has 0 atom stereocenters. The van der Waals surface area contributed by atoms with Crippen LogP contribution in [-0.4, -0.2) is 32.4 Å².